The van der Waals surface area contributed by atoms with Gasteiger partial charge < -0.3 is 15.2 Å². The van der Waals surface area contributed by atoms with Crippen molar-refractivity contribution in [2.45, 2.75) is 75.5 Å². The fourth-order valence-corrected chi connectivity index (χ4v) is 4.44. The molecule has 2 aliphatic carbocycles. The van der Waals surface area contributed by atoms with Crippen LogP contribution in [0.4, 0.5) is 0 Å². The fraction of sp³-hybridized carbons (Fsp3) is 0.778. The van der Waals surface area contributed by atoms with E-state index in [2.05, 4.69) is 17.1 Å². The third-order valence-electron chi connectivity index (χ3n) is 5.52. The van der Waals surface area contributed by atoms with Crippen molar-refractivity contribution in [3.63, 3.8) is 0 Å². The SMILES string of the molecule is CC1CCC(N(C)C(=O)CSc2nnc(C3CC3)n2CCC(N)=O)CC1. The van der Waals surface area contributed by atoms with E-state index in [1.165, 1.54) is 24.6 Å². The van der Waals surface area contributed by atoms with Gasteiger partial charge in [-0.3, -0.25) is 9.59 Å². The lowest BCUT2D eigenvalue weighted by molar-refractivity contribution is -0.129. The second-order valence-electron chi connectivity index (χ2n) is 7.69. The summed E-state index contributed by atoms with van der Waals surface area (Å²) >= 11 is 1.41. The van der Waals surface area contributed by atoms with E-state index in [-0.39, 0.29) is 18.2 Å². The van der Waals surface area contributed by atoms with Crippen LogP contribution in [0.25, 0.3) is 0 Å². The van der Waals surface area contributed by atoms with Crippen LogP contribution in [-0.2, 0) is 16.1 Å². The maximum absolute atomic E-state index is 12.6. The largest absolute Gasteiger partial charge is 0.370 e. The quantitative estimate of drug-likeness (QED) is 0.699. The van der Waals surface area contributed by atoms with Crippen molar-refractivity contribution in [1.82, 2.24) is 19.7 Å². The Morgan fingerprint density at radius 1 is 1.19 bits per heavy atom. The number of hydrogen-bond donors (Lipinski definition) is 1. The first kappa shape index (κ1) is 19.2. The van der Waals surface area contributed by atoms with Crippen molar-refractivity contribution in [3.05, 3.63) is 5.82 Å². The van der Waals surface area contributed by atoms with Gasteiger partial charge in [-0.15, -0.1) is 10.2 Å². The van der Waals surface area contributed by atoms with Gasteiger partial charge in [-0.05, 0) is 44.4 Å². The summed E-state index contributed by atoms with van der Waals surface area (Å²) in [5.41, 5.74) is 5.29. The van der Waals surface area contributed by atoms with Crippen molar-refractivity contribution in [3.8, 4) is 0 Å². The molecule has 2 N–H and O–H groups in total. The number of amides is 2. The Morgan fingerprint density at radius 3 is 2.50 bits per heavy atom. The van der Waals surface area contributed by atoms with Crippen molar-refractivity contribution < 1.29 is 9.59 Å². The number of nitrogens with two attached hydrogens (primary N) is 1. The molecule has 8 heteroatoms. The molecule has 0 unspecified atom stereocenters. The van der Waals surface area contributed by atoms with Crippen LogP contribution >= 0.6 is 11.8 Å². The van der Waals surface area contributed by atoms with Gasteiger partial charge in [0.15, 0.2) is 5.16 Å². The number of carbonyl (C=O) groups excluding carboxylic acids is 2. The monoisotopic (exact) mass is 379 g/mol. The molecule has 0 radical (unpaired) electrons. The highest BCUT2D eigenvalue weighted by molar-refractivity contribution is 7.99. The summed E-state index contributed by atoms with van der Waals surface area (Å²) in [4.78, 5) is 25.7. The number of rotatable bonds is 8. The Bertz CT molecular complexity index is 650. The predicted octanol–water partition coefficient (Wildman–Crippen LogP) is 2.16. The second kappa shape index (κ2) is 8.41. The molecule has 0 bridgehead atoms. The summed E-state index contributed by atoms with van der Waals surface area (Å²) in [6.45, 7) is 2.77. The second-order valence-corrected chi connectivity index (χ2v) is 8.63. The van der Waals surface area contributed by atoms with E-state index >= 15 is 0 Å². The highest BCUT2D eigenvalue weighted by Crippen LogP contribution is 2.40. The summed E-state index contributed by atoms with van der Waals surface area (Å²) in [6.07, 6.45) is 7.06. The van der Waals surface area contributed by atoms with Gasteiger partial charge in [0, 0.05) is 32.0 Å². The predicted molar refractivity (Wildman–Crippen MR) is 101 cm³/mol. The summed E-state index contributed by atoms with van der Waals surface area (Å²) < 4.78 is 1.97. The van der Waals surface area contributed by atoms with Gasteiger partial charge in [0.05, 0.1) is 5.75 Å². The van der Waals surface area contributed by atoms with Crippen molar-refractivity contribution in [1.29, 1.82) is 0 Å². The zero-order chi connectivity index (χ0) is 18.7. The molecule has 144 valence electrons. The number of nitrogens with zero attached hydrogens (tertiary/aromatic N) is 4. The van der Waals surface area contributed by atoms with Crippen LogP contribution < -0.4 is 5.73 Å². The van der Waals surface area contributed by atoms with Gasteiger partial charge in [-0.1, -0.05) is 18.7 Å². The third kappa shape index (κ3) is 4.78. The van der Waals surface area contributed by atoms with E-state index in [9.17, 15) is 9.59 Å². The van der Waals surface area contributed by atoms with E-state index in [4.69, 9.17) is 5.73 Å². The molecule has 2 fully saturated rings. The number of aromatic nitrogens is 3. The van der Waals surface area contributed by atoms with Crippen molar-refractivity contribution >= 4 is 23.6 Å². The Morgan fingerprint density at radius 2 is 1.88 bits per heavy atom. The topological polar surface area (TPSA) is 94.1 Å². The van der Waals surface area contributed by atoms with Crippen LogP contribution in [0, 0.1) is 5.92 Å². The van der Waals surface area contributed by atoms with Gasteiger partial charge in [-0.25, -0.2) is 0 Å². The molecule has 1 heterocycles. The lowest BCUT2D eigenvalue weighted by atomic mass is 9.87. The molecule has 2 saturated carbocycles. The smallest absolute Gasteiger partial charge is 0.233 e. The van der Waals surface area contributed by atoms with E-state index in [1.54, 1.807) is 0 Å². The lowest BCUT2D eigenvalue weighted by Gasteiger charge is -2.33. The number of hydrogen-bond acceptors (Lipinski definition) is 5. The van der Waals surface area contributed by atoms with Gasteiger partial charge in [0.2, 0.25) is 11.8 Å². The van der Waals surface area contributed by atoms with E-state index in [1.807, 2.05) is 16.5 Å². The van der Waals surface area contributed by atoms with E-state index in [0.717, 1.165) is 37.4 Å². The van der Waals surface area contributed by atoms with Crippen molar-refractivity contribution in [2.75, 3.05) is 12.8 Å². The molecule has 26 heavy (non-hydrogen) atoms. The molecule has 2 amide bonds. The third-order valence-corrected chi connectivity index (χ3v) is 6.47. The molecule has 1 aromatic rings. The van der Waals surface area contributed by atoms with E-state index in [0.29, 0.717) is 29.4 Å². The van der Waals surface area contributed by atoms with Crippen LogP contribution in [0.3, 0.4) is 0 Å². The standard InChI is InChI=1S/C18H29N5O2S/c1-12-3-7-14(8-4-12)22(2)16(25)11-26-18-21-20-17(13-5-6-13)23(18)10-9-15(19)24/h12-14H,3-11H2,1-2H3,(H2,19,24). The summed E-state index contributed by atoms with van der Waals surface area (Å²) in [7, 11) is 1.91. The number of primary amides is 1. The number of carbonyl (C=O) groups is 2. The Labute approximate surface area is 159 Å². The molecule has 0 atom stereocenters. The van der Waals surface area contributed by atoms with Gasteiger partial charge in [0.1, 0.15) is 5.82 Å². The van der Waals surface area contributed by atoms with Crippen LogP contribution in [0.15, 0.2) is 5.16 Å². The van der Waals surface area contributed by atoms with Crippen LogP contribution in [-0.4, -0.2) is 50.3 Å². The summed E-state index contributed by atoms with van der Waals surface area (Å²) in [6, 6.07) is 0.356. The Hall–Kier alpha value is -1.57. The molecule has 0 saturated heterocycles. The average molecular weight is 380 g/mol. The fourth-order valence-electron chi connectivity index (χ4n) is 3.54. The lowest BCUT2D eigenvalue weighted by Crippen LogP contribution is -2.40. The molecule has 2 aliphatic rings. The first-order valence-electron chi connectivity index (χ1n) is 9.55. The Balaban J connectivity index is 1.58. The normalized spacial score (nSPS) is 23.0. The van der Waals surface area contributed by atoms with Gasteiger partial charge in [-0.2, -0.15) is 0 Å². The zero-order valence-corrected chi connectivity index (χ0v) is 16.5. The summed E-state index contributed by atoms with van der Waals surface area (Å²) in [5.74, 6) is 2.28. The zero-order valence-electron chi connectivity index (χ0n) is 15.7. The molecule has 1 aromatic heterocycles. The first-order chi connectivity index (χ1) is 12.5. The molecule has 7 nitrogen and oxygen atoms in total. The highest BCUT2D eigenvalue weighted by Gasteiger charge is 2.31. The van der Waals surface area contributed by atoms with Gasteiger partial charge in [0.25, 0.3) is 0 Å². The molecule has 0 spiro atoms. The van der Waals surface area contributed by atoms with Crippen LogP contribution in [0.1, 0.15) is 63.6 Å². The number of thioether (sulfide) groups is 1. The average Bonchev–Trinajstić information content (AvgIpc) is 3.38. The van der Waals surface area contributed by atoms with Crippen molar-refractivity contribution in [2.24, 2.45) is 11.7 Å². The highest BCUT2D eigenvalue weighted by atomic mass is 32.2. The first-order valence-corrected chi connectivity index (χ1v) is 10.5. The molecular weight excluding hydrogens is 350 g/mol. The molecule has 0 aromatic carbocycles. The maximum atomic E-state index is 12.6. The maximum Gasteiger partial charge on any atom is 0.233 e. The molecule has 0 aliphatic heterocycles. The Kier molecular flexibility index (Phi) is 6.21. The van der Waals surface area contributed by atoms with Crippen LogP contribution in [0.2, 0.25) is 0 Å². The minimum atomic E-state index is -0.335. The molecule has 3 rings (SSSR count). The van der Waals surface area contributed by atoms with E-state index < -0.39 is 0 Å². The minimum absolute atomic E-state index is 0.131. The minimum Gasteiger partial charge on any atom is -0.370 e. The summed E-state index contributed by atoms with van der Waals surface area (Å²) in [5, 5.41) is 9.27. The van der Waals surface area contributed by atoms with Gasteiger partial charge >= 0.3 is 0 Å². The van der Waals surface area contributed by atoms with Crippen LogP contribution in [0.5, 0.6) is 0 Å². The molecular formula is C18H29N5O2S.